The summed E-state index contributed by atoms with van der Waals surface area (Å²) in [5, 5.41) is 0. The van der Waals surface area contributed by atoms with Gasteiger partial charge in [-0.25, -0.2) is 4.79 Å². The number of hydrogen-bond acceptors (Lipinski definition) is 7. The molecule has 10 heteroatoms. The minimum absolute atomic E-state index is 0.0354. The lowest BCUT2D eigenvalue weighted by Gasteiger charge is -2.17. The van der Waals surface area contributed by atoms with Gasteiger partial charge in [0.15, 0.2) is 6.61 Å². The van der Waals surface area contributed by atoms with Crippen LogP contribution in [0.5, 0.6) is 0 Å². The largest absolute Gasteiger partial charge is 0.457 e. The number of hydrogen-bond donors (Lipinski definition) is 1. The number of aromatic nitrogens is 2. The molecule has 1 fully saturated rings. The second-order valence-corrected chi connectivity index (χ2v) is 7.42. The highest BCUT2D eigenvalue weighted by atomic mass is 16.5. The van der Waals surface area contributed by atoms with Crippen molar-refractivity contribution in [3.8, 4) is 0 Å². The highest BCUT2D eigenvalue weighted by molar-refractivity contribution is 6.02. The van der Waals surface area contributed by atoms with Crippen LogP contribution in [0.4, 0.5) is 11.5 Å². The summed E-state index contributed by atoms with van der Waals surface area (Å²) in [6, 6.07) is 7.49. The maximum atomic E-state index is 12.5. The molecule has 1 unspecified atom stereocenters. The summed E-state index contributed by atoms with van der Waals surface area (Å²) in [7, 11) is 2.55. The monoisotopic (exact) mass is 428 g/mol. The Hall–Kier alpha value is -3.69. The van der Waals surface area contributed by atoms with Crippen LogP contribution in [0.3, 0.4) is 0 Å². The molecule has 10 nitrogen and oxygen atoms in total. The van der Waals surface area contributed by atoms with Crippen LogP contribution in [0.1, 0.15) is 29.3 Å². The molecule has 1 amide bonds. The average molecular weight is 428 g/mol. The van der Waals surface area contributed by atoms with E-state index in [4.69, 9.17) is 10.5 Å². The minimum Gasteiger partial charge on any atom is -0.457 e. The predicted octanol–water partition coefficient (Wildman–Crippen LogP) is 0.00760. The smallest absolute Gasteiger partial charge is 0.332 e. The van der Waals surface area contributed by atoms with Gasteiger partial charge in [0, 0.05) is 32.7 Å². The zero-order valence-corrected chi connectivity index (χ0v) is 17.6. The van der Waals surface area contributed by atoms with Crippen LogP contribution in [0.25, 0.3) is 0 Å². The zero-order valence-electron chi connectivity index (χ0n) is 17.6. The van der Waals surface area contributed by atoms with Crippen molar-refractivity contribution >= 4 is 29.2 Å². The van der Waals surface area contributed by atoms with Gasteiger partial charge in [0.1, 0.15) is 11.4 Å². The second kappa shape index (κ2) is 8.58. The molecule has 1 aliphatic rings. The molecule has 1 aromatic heterocycles. The first-order chi connectivity index (χ1) is 14.6. The van der Waals surface area contributed by atoms with E-state index in [-0.39, 0.29) is 24.7 Å². The molecule has 1 aliphatic heterocycles. The van der Waals surface area contributed by atoms with Gasteiger partial charge in [0.05, 0.1) is 5.92 Å². The Labute approximate surface area is 177 Å². The van der Waals surface area contributed by atoms with Crippen molar-refractivity contribution in [2.75, 3.05) is 23.8 Å². The molecule has 0 spiro atoms. The van der Waals surface area contributed by atoms with Gasteiger partial charge in [-0.3, -0.25) is 28.3 Å². The highest BCUT2D eigenvalue weighted by Gasteiger charge is 2.36. The van der Waals surface area contributed by atoms with Crippen molar-refractivity contribution in [3.05, 3.63) is 56.2 Å². The first-order valence-electron chi connectivity index (χ1n) is 9.80. The van der Waals surface area contributed by atoms with Crippen molar-refractivity contribution in [1.29, 1.82) is 0 Å². The van der Waals surface area contributed by atoms with Gasteiger partial charge in [-0.2, -0.15) is 0 Å². The maximum Gasteiger partial charge on any atom is 0.332 e. The molecule has 164 valence electrons. The molecule has 0 bridgehead atoms. The number of benzene rings is 1. The first kappa shape index (κ1) is 22.0. The van der Waals surface area contributed by atoms with Crippen LogP contribution in [-0.4, -0.2) is 39.9 Å². The fourth-order valence-electron chi connectivity index (χ4n) is 3.48. The SMILES string of the molecule is CCc1ccc(N2CC(C(=O)OCC(=O)c3c(N)n(C)c(=O)n(C)c3=O)CC2=O)cc1. The van der Waals surface area contributed by atoms with E-state index in [1.54, 1.807) is 0 Å². The number of carbonyl (C=O) groups is 3. The topological polar surface area (TPSA) is 134 Å². The van der Waals surface area contributed by atoms with E-state index in [0.29, 0.717) is 5.69 Å². The lowest BCUT2D eigenvalue weighted by Crippen LogP contribution is -2.42. The third-order valence-corrected chi connectivity index (χ3v) is 5.45. The van der Waals surface area contributed by atoms with Crippen LogP contribution in [-0.2, 0) is 34.8 Å². The molecule has 1 saturated heterocycles. The van der Waals surface area contributed by atoms with E-state index in [1.807, 2.05) is 31.2 Å². The van der Waals surface area contributed by atoms with E-state index in [2.05, 4.69) is 0 Å². The standard InChI is InChI=1S/C21H24N4O6/c1-4-12-5-7-14(8-6-12)25-10-13(9-16(25)27)20(29)31-11-15(26)17-18(22)23(2)21(30)24(3)19(17)28/h5-8,13H,4,9-11,22H2,1-3H3. The summed E-state index contributed by atoms with van der Waals surface area (Å²) in [5.41, 5.74) is 5.61. The van der Waals surface area contributed by atoms with Crippen LogP contribution in [0.15, 0.2) is 33.9 Å². The van der Waals surface area contributed by atoms with E-state index < -0.39 is 41.1 Å². The van der Waals surface area contributed by atoms with Crippen molar-refractivity contribution in [1.82, 2.24) is 9.13 Å². The summed E-state index contributed by atoms with van der Waals surface area (Å²) in [6.45, 7) is 1.45. The third-order valence-electron chi connectivity index (χ3n) is 5.45. The number of ether oxygens (including phenoxy) is 1. The summed E-state index contributed by atoms with van der Waals surface area (Å²) in [4.78, 5) is 62.9. The van der Waals surface area contributed by atoms with Gasteiger partial charge in [-0.15, -0.1) is 0 Å². The summed E-state index contributed by atoms with van der Waals surface area (Å²) >= 11 is 0. The fraction of sp³-hybridized carbons (Fsp3) is 0.381. The van der Waals surface area contributed by atoms with Gasteiger partial charge < -0.3 is 15.4 Å². The number of nitrogens with two attached hydrogens (primary N) is 1. The molecule has 3 rings (SSSR count). The van der Waals surface area contributed by atoms with Crippen LogP contribution < -0.4 is 21.9 Å². The Balaban J connectivity index is 1.68. The zero-order chi connectivity index (χ0) is 22.9. The molecular weight excluding hydrogens is 404 g/mol. The van der Waals surface area contributed by atoms with E-state index in [9.17, 15) is 24.0 Å². The summed E-state index contributed by atoms with van der Waals surface area (Å²) in [6.07, 6.45) is 0.840. The molecule has 0 radical (unpaired) electrons. The molecule has 2 aromatic rings. The lowest BCUT2D eigenvalue weighted by molar-refractivity contribution is -0.147. The van der Waals surface area contributed by atoms with Gasteiger partial charge in [-0.05, 0) is 24.1 Å². The number of nitrogens with zero attached hydrogens (tertiary/aromatic N) is 3. The van der Waals surface area contributed by atoms with E-state index in [0.717, 1.165) is 21.1 Å². The Morgan fingerprint density at radius 3 is 2.35 bits per heavy atom. The lowest BCUT2D eigenvalue weighted by atomic mass is 10.1. The maximum absolute atomic E-state index is 12.5. The van der Waals surface area contributed by atoms with Crippen molar-refractivity contribution in [3.63, 3.8) is 0 Å². The number of nitrogen functional groups attached to an aromatic ring is 1. The quantitative estimate of drug-likeness (QED) is 0.506. The van der Waals surface area contributed by atoms with Crippen LogP contribution in [0, 0.1) is 5.92 Å². The summed E-state index contributed by atoms with van der Waals surface area (Å²) < 4.78 is 6.79. The molecule has 0 aliphatic carbocycles. The highest BCUT2D eigenvalue weighted by Crippen LogP contribution is 2.26. The van der Waals surface area contributed by atoms with Gasteiger partial charge >= 0.3 is 11.7 Å². The third kappa shape index (κ3) is 4.14. The van der Waals surface area contributed by atoms with E-state index in [1.165, 1.54) is 19.0 Å². The summed E-state index contributed by atoms with van der Waals surface area (Å²) in [5.74, 6) is -2.78. The number of aryl methyl sites for hydroxylation is 1. The Kier molecular flexibility index (Phi) is 6.09. The van der Waals surface area contributed by atoms with Gasteiger partial charge in [0.25, 0.3) is 5.56 Å². The molecule has 0 saturated carbocycles. The van der Waals surface area contributed by atoms with Crippen LogP contribution >= 0.6 is 0 Å². The molecule has 31 heavy (non-hydrogen) atoms. The van der Waals surface area contributed by atoms with Crippen molar-refractivity contribution < 1.29 is 19.1 Å². The fourth-order valence-corrected chi connectivity index (χ4v) is 3.48. The predicted molar refractivity (Wildman–Crippen MR) is 113 cm³/mol. The Morgan fingerprint density at radius 2 is 1.74 bits per heavy atom. The number of Topliss-reactive ketones (excluding diaryl/α,β-unsaturated/α-hetero) is 1. The van der Waals surface area contributed by atoms with Gasteiger partial charge in [0.2, 0.25) is 11.7 Å². The number of rotatable bonds is 6. The number of amides is 1. The molecule has 1 aromatic carbocycles. The number of ketones is 1. The molecule has 1 atom stereocenters. The second-order valence-electron chi connectivity index (χ2n) is 7.42. The molecular formula is C21H24N4O6. The molecule has 2 heterocycles. The minimum atomic E-state index is -0.862. The van der Waals surface area contributed by atoms with Crippen molar-refractivity contribution in [2.45, 2.75) is 19.8 Å². The Bertz CT molecular complexity index is 1160. The number of esters is 1. The van der Waals surface area contributed by atoms with Gasteiger partial charge in [-0.1, -0.05) is 19.1 Å². The first-order valence-corrected chi connectivity index (χ1v) is 9.80. The van der Waals surface area contributed by atoms with Crippen molar-refractivity contribution in [2.24, 2.45) is 20.0 Å². The normalized spacial score (nSPS) is 15.9. The molecule has 2 N–H and O–H groups in total. The number of anilines is 2. The van der Waals surface area contributed by atoms with Crippen LogP contribution in [0.2, 0.25) is 0 Å². The number of carbonyl (C=O) groups excluding carboxylic acids is 3. The van der Waals surface area contributed by atoms with E-state index >= 15 is 0 Å². The average Bonchev–Trinajstić information content (AvgIpc) is 3.16. The Morgan fingerprint density at radius 1 is 1.10 bits per heavy atom.